The minimum absolute atomic E-state index is 0.00986. The molecule has 1 saturated heterocycles. The van der Waals surface area contributed by atoms with Gasteiger partial charge in [0.05, 0.1) is 17.7 Å². The summed E-state index contributed by atoms with van der Waals surface area (Å²) in [6.45, 7) is 1.18. The van der Waals surface area contributed by atoms with Gasteiger partial charge in [0.1, 0.15) is 6.10 Å². The first-order valence-corrected chi connectivity index (χ1v) is 8.60. The van der Waals surface area contributed by atoms with Crippen LogP contribution in [0.2, 0.25) is 10.0 Å². The molecule has 1 amide bonds. The normalized spacial score (nSPS) is 15.1. The van der Waals surface area contributed by atoms with Crippen LogP contribution >= 0.6 is 23.2 Å². The van der Waals surface area contributed by atoms with Gasteiger partial charge in [-0.05, 0) is 18.2 Å². The van der Waals surface area contributed by atoms with E-state index in [0.717, 1.165) is 0 Å². The number of hydrogen-bond acceptors (Lipinski definition) is 5. The van der Waals surface area contributed by atoms with Crippen LogP contribution in [-0.4, -0.2) is 47.1 Å². The molecule has 2 aromatic rings. The van der Waals surface area contributed by atoms with Gasteiger partial charge in [-0.1, -0.05) is 23.2 Å². The maximum absolute atomic E-state index is 12.6. The van der Waals surface area contributed by atoms with E-state index in [9.17, 15) is 4.79 Å². The Morgan fingerprint density at radius 3 is 2.68 bits per heavy atom. The van der Waals surface area contributed by atoms with Crippen molar-refractivity contribution in [1.82, 2.24) is 14.9 Å². The number of halogens is 2. The third-order valence-corrected chi connectivity index (χ3v) is 4.52. The number of carbonyl (C=O) groups excluding carboxylic acids is 1. The third-order valence-electron chi connectivity index (χ3n) is 3.97. The zero-order valence-corrected chi connectivity index (χ0v) is 15.1. The van der Waals surface area contributed by atoms with Crippen molar-refractivity contribution in [1.29, 1.82) is 0 Å². The first-order chi connectivity index (χ1) is 12.1. The van der Waals surface area contributed by atoms with Crippen molar-refractivity contribution >= 4 is 29.1 Å². The van der Waals surface area contributed by atoms with Crippen LogP contribution < -0.4 is 9.47 Å². The second-order valence-corrected chi connectivity index (χ2v) is 6.46. The fraction of sp³-hybridized carbons (Fsp3) is 0.353. The van der Waals surface area contributed by atoms with Crippen molar-refractivity contribution in [2.45, 2.75) is 18.9 Å². The lowest BCUT2D eigenvalue weighted by Gasteiger charge is -2.32. The van der Waals surface area contributed by atoms with Gasteiger partial charge in [0, 0.05) is 43.2 Å². The summed E-state index contributed by atoms with van der Waals surface area (Å²) in [6, 6.07) is 6.85. The number of methoxy groups -OCH3 is 1. The van der Waals surface area contributed by atoms with Crippen molar-refractivity contribution in [2.75, 3.05) is 20.2 Å². The molecule has 3 rings (SSSR count). The van der Waals surface area contributed by atoms with Crippen LogP contribution in [0.3, 0.4) is 0 Å². The van der Waals surface area contributed by atoms with Gasteiger partial charge in [-0.25, -0.2) is 4.98 Å². The van der Waals surface area contributed by atoms with Crippen molar-refractivity contribution in [3.8, 4) is 11.9 Å². The fourth-order valence-corrected chi connectivity index (χ4v) is 3.16. The lowest BCUT2D eigenvalue weighted by atomic mass is 10.1. The van der Waals surface area contributed by atoms with Crippen LogP contribution in [0.25, 0.3) is 0 Å². The van der Waals surface area contributed by atoms with E-state index in [-0.39, 0.29) is 18.0 Å². The number of likely N-dealkylation sites (tertiary alicyclic amines) is 1. The zero-order chi connectivity index (χ0) is 17.8. The summed E-state index contributed by atoms with van der Waals surface area (Å²) < 4.78 is 10.8. The molecule has 1 aromatic heterocycles. The monoisotopic (exact) mass is 381 g/mol. The van der Waals surface area contributed by atoms with E-state index in [4.69, 9.17) is 32.7 Å². The Balaban J connectivity index is 1.58. The van der Waals surface area contributed by atoms with E-state index in [1.54, 1.807) is 35.4 Å². The molecule has 132 valence electrons. The van der Waals surface area contributed by atoms with E-state index >= 15 is 0 Å². The van der Waals surface area contributed by atoms with Crippen LogP contribution in [0.1, 0.15) is 23.2 Å². The van der Waals surface area contributed by atoms with E-state index in [0.29, 0.717) is 47.4 Å². The molecule has 2 heterocycles. The molecular formula is C17H17Cl2N3O3. The van der Waals surface area contributed by atoms with Crippen LogP contribution in [-0.2, 0) is 0 Å². The van der Waals surface area contributed by atoms with Gasteiger partial charge >= 0.3 is 6.01 Å². The summed E-state index contributed by atoms with van der Waals surface area (Å²) >= 11 is 12.0. The highest BCUT2D eigenvalue weighted by atomic mass is 35.5. The van der Waals surface area contributed by atoms with Crippen LogP contribution in [0.15, 0.2) is 30.5 Å². The molecule has 1 fully saturated rings. The lowest BCUT2D eigenvalue weighted by molar-refractivity contribution is 0.0587. The molecule has 0 saturated carbocycles. The summed E-state index contributed by atoms with van der Waals surface area (Å²) in [5, 5.41) is 0.873. The second kappa shape index (κ2) is 7.89. The number of ether oxygens (including phenoxy) is 2. The smallest absolute Gasteiger partial charge is 0.319 e. The Kier molecular flexibility index (Phi) is 5.60. The molecule has 1 aromatic carbocycles. The molecule has 8 heteroatoms. The molecule has 0 aliphatic carbocycles. The molecule has 0 spiro atoms. The van der Waals surface area contributed by atoms with E-state index in [2.05, 4.69) is 9.97 Å². The van der Waals surface area contributed by atoms with Crippen LogP contribution in [0, 0.1) is 0 Å². The number of amides is 1. The molecule has 25 heavy (non-hydrogen) atoms. The Morgan fingerprint density at radius 2 is 2.00 bits per heavy atom. The maximum Gasteiger partial charge on any atom is 0.319 e. The third kappa shape index (κ3) is 4.32. The number of carbonyl (C=O) groups is 1. The summed E-state index contributed by atoms with van der Waals surface area (Å²) in [6.07, 6.45) is 3.00. The summed E-state index contributed by atoms with van der Waals surface area (Å²) in [5.41, 5.74) is 0.464. The molecule has 0 bridgehead atoms. The van der Waals surface area contributed by atoms with E-state index in [1.165, 1.54) is 7.11 Å². The van der Waals surface area contributed by atoms with Crippen LogP contribution in [0.5, 0.6) is 11.9 Å². The Bertz CT molecular complexity index is 765. The van der Waals surface area contributed by atoms with E-state index in [1.807, 2.05) is 0 Å². The van der Waals surface area contributed by atoms with Crippen molar-refractivity contribution in [3.05, 3.63) is 46.1 Å². The Labute approximate surface area is 155 Å². The summed E-state index contributed by atoms with van der Waals surface area (Å²) in [7, 11) is 1.51. The van der Waals surface area contributed by atoms with Gasteiger partial charge < -0.3 is 14.4 Å². The van der Waals surface area contributed by atoms with Gasteiger partial charge in [0.2, 0.25) is 5.88 Å². The van der Waals surface area contributed by atoms with Gasteiger partial charge in [-0.3, -0.25) is 4.79 Å². The van der Waals surface area contributed by atoms with Gasteiger partial charge in [-0.2, -0.15) is 4.98 Å². The predicted octanol–water partition coefficient (Wildman–Crippen LogP) is 3.48. The van der Waals surface area contributed by atoms with Gasteiger partial charge in [0.25, 0.3) is 5.91 Å². The van der Waals surface area contributed by atoms with Crippen molar-refractivity contribution in [3.63, 3.8) is 0 Å². The SMILES string of the molecule is COc1nccc(OC2CCN(C(=O)c3ccc(Cl)cc3Cl)CC2)n1. The second-order valence-electron chi connectivity index (χ2n) is 5.62. The van der Waals surface area contributed by atoms with Crippen LogP contribution in [0.4, 0.5) is 0 Å². The molecule has 1 aliphatic rings. The average molecular weight is 382 g/mol. The number of aromatic nitrogens is 2. The number of piperidine rings is 1. The van der Waals surface area contributed by atoms with Gasteiger partial charge in [0.15, 0.2) is 0 Å². The Morgan fingerprint density at radius 1 is 1.24 bits per heavy atom. The molecular weight excluding hydrogens is 365 g/mol. The first-order valence-electron chi connectivity index (χ1n) is 7.85. The molecule has 1 aliphatic heterocycles. The molecule has 0 radical (unpaired) electrons. The lowest BCUT2D eigenvalue weighted by Crippen LogP contribution is -2.42. The number of rotatable bonds is 4. The molecule has 6 nitrogen and oxygen atoms in total. The average Bonchev–Trinajstić information content (AvgIpc) is 2.62. The topological polar surface area (TPSA) is 64.6 Å². The highest BCUT2D eigenvalue weighted by Gasteiger charge is 2.26. The minimum Gasteiger partial charge on any atom is -0.474 e. The van der Waals surface area contributed by atoms with Crippen molar-refractivity contribution in [2.24, 2.45) is 0 Å². The molecule has 0 N–H and O–H groups in total. The Hall–Kier alpha value is -2.05. The summed E-state index contributed by atoms with van der Waals surface area (Å²) in [5.74, 6) is 0.376. The van der Waals surface area contributed by atoms with E-state index < -0.39 is 0 Å². The zero-order valence-electron chi connectivity index (χ0n) is 13.6. The quantitative estimate of drug-likeness (QED) is 0.810. The largest absolute Gasteiger partial charge is 0.474 e. The number of benzene rings is 1. The van der Waals surface area contributed by atoms with Gasteiger partial charge in [-0.15, -0.1) is 0 Å². The fourth-order valence-electron chi connectivity index (χ4n) is 2.67. The maximum atomic E-state index is 12.6. The number of hydrogen-bond donors (Lipinski definition) is 0. The molecule has 0 unspecified atom stereocenters. The van der Waals surface area contributed by atoms with Crippen molar-refractivity contribution < 1.29 is 14.3 Å². The number of nitrogens with zero attached hydrogens (tertiary/aromatic N) is 3. The minimum atomic E-state index is -0.0937. The highest BCUT2D eigenvalue weighted by molar-refractivity contribution is 6.36. The molecule has 0 atom stereocenters. The predicted molar refractivity (Wildman–Crippen MR) is 94.6 cm³/mol. The standard InChI is InChI=1S/C17H17Cl2N3O3/c1-24-17-20-7-4-15(21-17)25-12-5-8-22(9-6-12)16(23)13-3-2-11(18)10-14(13)19/h2-4,7,10,12H,5-6,8-9H2,1H3. The highest BCUT2D eigenvalue weighted by Crippen LogP contribution is 2.24. The first kappa shape index (κ1) is 17.8. The summed E-state index contributed by atoms with van der Waals surface area (Å²) in [4.78, 5) is 22.5.